The number of ether oxygens (including phenoxy) is 2. The Hall–Kier alpha value is -1.77. The number of hydrogen-bond donors (Lipinski definition) is 2. The molecule has 6 nitrogen and oxygen atoms in total. The van der Waals surface area contributed by atoms with Crippen LogP contribution in [0.4, 0.5) is 5.69 Å². The molecule has 0 fully saturated rings. The Morgan fingerprint density at radius 3 is 2.57 bits per heavy atom. The number of benzene rings is 1. The third kappa shape index (κ3) is 3.66. The molecule has 0 saturated heterocycles. The van der Waals surface area contributed by atoms with Gasteiger partial charge in [0.15, 0.2) is 0 Å². The minimum atomic E-state index is -3.58. The first kappa shape index (κ1) is 15.6. The Morgan fingerprint density at radius 2 is 2.00 bits per heavy atom. The molecule has 1 heterocycles. The predicted octanol–water partition coefficient (Wildman–Crippen LogP) is 1.83. The van der Waals surface area contributed by atoms with Crippen LogP contribution < -0.4 is 19.9 Å². The molecule has 0 aliphatic heterocycles. The van der Waals surface area contributed by atoms with Crippen molar-refractivity contribution in [2.75, 3.05) is 20.0 Å². The average molecular weight is 328 g/mol. The number of sulfonamides is 1. The first-order valence-electron chi connectivity index (χ1n) is 6.01. The van der Waals surface area contributed by atoms with E-state index in [1.165, 1.54) is 13.2 Å². The van der Waals surface area contributed by atoms with Gasteiger partial charge < -0.3 is 15.2 Å². The van der Waals surface area contributed by atoms with Gasteiger partial charge in [0.1, 0.15) is 15.7 Å². The van der Waals surface area contributed by atoms with Gasteiger partial charge in [-0.25, -0.2) is 13.1 Å². The van der Waals surface area contributed by atoms with Crippen molar-refractivity contribution in [2.45, 2.75) is 10.8 Å². The van der Waals surface area contributed by atoms with Gasteiger partial charge >= 0.3 is 0 Å². The van der Waals surface area contributed by atoms with E-state index in [0.717, 1.165) is 11.3 Å². The third-order valence-electron chi connectivity index (χ3n) is 2.81. The lowest BCUT2D eigenvalue weighted by atomic mass is 10.2. The monoisotopic (exact) mass is 328 g/mol. The molecule has 0 bridgehead atoms. The SMILES string of the molecule is COc1ccc(CNS(=O)(=O)c2cc(N)cs2)c(OC)c1. The zero-order chi connectivity index (χ0) is 15.5. The number of thiophene rings is 1. The van der Waals surface area contributed by atoms with Crippen LogP contribution in [-0.4, -0.2) is 22.6 Å². The molecular formula is C13H16N2O4S2. The zero-order valence-electron chi connectivity index (χ0n) is 11.6. The van der Waals surface area contributed by atoms with Gasteiger partial charge in [-0.1, -0.05) is 6.07 Å². The second-order valence-electron chi connectivity index (χ2n) is 4.20. The standard InChI is InChI=1S/C13H16N2O4S2/c1-18-11-4-3-9(12(6-11)19-2)7-15-21(16,17)13-5-10(14)8-20-13/h3-6,8,15H,7,14H2,1-2H3. The minimum absolute atomic E-state index is 0.118. The molecule has 1 aromatic carbocycles. The van der Waals surface area contributed by atoms with Crippen molar-refractivity contribution in [3.05, 3.63) is 35.2 Å². The molecule has 2 aromatic rings. The number of methoxy groups -OCH3 is 2. The summed E-state index contributed by atoms with van der Waals surface area (Å²) in [5.74, 6) is 1.20. The summed E-state index contributed by atoms with van der Waals surface area (Å²) in [6, 6.07) is 6.63. The number of hydrogen-bond acceptors (Lipinski definition) is 6. The Balaban J connectivity index is 2.16. The lowest BCUT2D eigenvalue weighted by Gasteiger charge is -2.11. The van der Waals surface area contributed by atoms with Gasteiger partial charge in [0.05, 0.1) is 14.2 Å². The molecular weight excluding hydrogens is 312 g/mol. The number of nitrogens with one attached hydrogen (secondary N) is 1. The van der Waals surface area contributed by atoms with Gasteiger partial charge in [-0.3, -0.25) is 0 Å². The molecule has 2 rings (SSSR count). The second-order valence-corrected chi connectivity index (χ2v) is 7.11. The fraction of sp³-hybridized carbons (Fsp3) is 0.231. The van der Waals surface area contributed by atoms with E-state index in [1.807, 2.05) is 0 Å². The Kier molecular flexibility index (Phi) is 4.71. The fourth-order valence-corrected chi connectivity index (χ4v) is 3.84. The molecule has 0 spiro atoms. The highest BCUT2D eigenvalue weighted by Crippen LogP contribution is 2.26. The fourth-order valence-electron chi connectivity index (χ4n) is 1.71. The molecule has 1 aromatic heterocycles. The molecule has 0 radical (unpaired) electrons. The molecule has 114 valence electrons. The molecule has 0 aliphatic carbocycles. The Labute approximate surface area is 127 Å². The van der Waals surface area contributed by atoms with Crippen LogP contribution in [0, 0.1) is 0 Å². The number of anilines is 1. The molecule has 21 heavy (non-hydrogen) atoms. The van der Waals surface area contributed by atoms with E-state index in [1.54, 1.807) is 30.7 Å². The maximum atomic E-state index is 12.1. The Morgan fingerprint density at radius 1 is 1.24 bits per heavy atom. The maximum Gasteiger partial charge on any atom is 0.250 e. The minimum Gasteiger partial charge on any atom is -0.497 e. The van der Waals surface area contributed by atoms with Gasteiger partial charge in [-0.15, -0.1) is 11.3 Å². The van der Waals surface area contributed by atoms with Crippen LogP contribution in [0.1, 0.15) is 5.56 Å². The maximum absolute atomic E-state index is 12.1. The van der Waals surface area contributed by atoms with E-state index in [4.69, 9.17) is 15.2 Å². The number of nitrogen functional groups attached to an aromatic ring is 1. The summed E-state index contributed by atoms with van der Waals surface area (Å²) in [6.45, 7) is 0.118. The number of nitrogens with two attached hydrogens (primary N) is 1. The zero-order valence-corrected chi connectivity index (χ0v) is 13.3. The van der Waals surface area contributed by atoms with Gasteiger partial charge in [-0.05, 0) is 12.1 Å². The topological polar surface area (TPSA) is 90.7 Å². The third-order valence-corrected chi connectivity index (χ3v) is 5.67. The van der Waals surface area contributed by atoms with E-state index < -0.39 is 10.0 Å². The summed E-state index contributed by atoms with van der Waals surface area (Å²) < 4.78 is 37.3. The Bertz CT molecular complexity index is 726. The summed E-state index contributed by atoms with van der Waals surface area (Å²) in [4.78, 5) is 0. The van der Waals surface area contributed by atoms with Crippen molar-refractivity contribution in [1.29, 1.82) is 0 Å². The van der Waals surface area contributed by atoms with Crippen molar-refractivity contribution in [3.8, 4) is 11.5 Å². The molecule has 0 amide bonds. The summed E-state index contributed by atoms with van der Waals surface area (Å²) >= 11 is 1.08. The second kappa shape index (κ2) is 6.33. The first-order chi connectivity index (χ1) is 9.96. The van der Waals surface area contributed by atoms with E-state index in [-0.39, 0.29) is 10.8 Å². The van der Waals surface area contributed by atoms with Crippen LogP contribution in [0.25, 0.3) is 0 Å². The van der Waals surface area contributed by atoms with Crippen molar-refractivity contribution < 1.29 is 17.9 Å². The summed E-state index contributed by atoms with van der Waals surface area (Å²) in [5, 5.41) is 1.59. The van der Waals surface area contributed by atoms with Crippen LogP contribution in [0.5, 0.6) is 11.5 Å². The van der Waals surface area contributed by atoms with Crippen molar-refractivity contribution in [2.24, 2.45) is 0 Å². The largest absolute Gasteiger partial charge is 0.497 e. The van der Waals surface area contributed by atoms with Crippen LogP contribution in [-0.2, 0) is 16.6 Å². The summed E-state index contributed by atoms with van der Waals surface area (Å²) in [7, 11) is -0.502. The van der Waals surface area contributed by atoms with E-state index in [2.05, 4.69) is 4.72 Å². The molecule has 0 atom stereocenters. The lowest BCUT2D eigenvalue weighted by Crippen LogP contribution is -2.22. The van der Waals surface area contributed by atoms with Crippen LogP contribution in [0.3, 0.4) is 0 Å². The average Bonchev–Trinajstić information content (AvgIpc) is 2.92. The highest BCUT2D eigenvalue weighted by molar-refractivity contribution is 7.91. The normalized spacial score (nSPS) is 11.3. The summed E-state index contributed by atoms with van der Waals surface area (Å²) in [5.41, 5.74) is 6.69. The first-order valence-corrected chi connectivity index (χ1v) is 8.37. The van der Waals surface area contributed by atoms with Crippen molar-refractivity contribution in [3.63, 3.8) is 0 Å². The molecule has 3 N–H and O–H groups in total. The van der Waals surface area contributed by atoms with E-state index in [9.17, 15) is 8.42 Å². The summed E-state index contributed by atoms with van der Waals surface area (Å²) in [6.07, 6.45) is 0. The van der Waals surface area contributed by atoms with Crippen molar-refractivity contribution >= 4 is 27.0 Å². The molecule has 0 saturated carbocycles. The van der Waals surface area contributed by atoms with Crippen LogP contribution in [0.15, 0.2) is 33.9 Å². The van der Waals surface area contributed by atoms with Gasteiger partial charge in [0.2, 0.25) is 10.0 Å². The predicted molar refractivity (Wildman–Crippen MR) is 82.3 cm³/mol. The highest BCUT2D eigenvalue weighted by atomic mass is 32.2. The lowest BCUT2D eigenvalue weighted by molar-refractivity contribution is 0.390. The van der Waals surface area contributed by atoms with Gasteiger partial charge in [-0.2, -0.15) is 0 Å². The smallest absolute Gasteiger partial charge is 0.250 e. The number of rotatable bonds is 6. The molecule has 0 unspecified atom stereocenters. The molecule has 8 heteroatoms. The quantitative estimate of drug-likeness (QED) is 0.844. The van der Waals surface area contributed by atoms with E-state index in [0.29, 0.717) is 22.7 Å². The van der Waals surface area contributed by atoms with Crippen LogP contribution >= 0.6 is 11.3 Å². The van der Waals surface area contributed by atoms with E-state index >= 15 is 0 Å². The van der Waals surface area contributed by atoms with Gasteiger partial charge in [0, 0.05) is 29.2 Å². The van der Waals surface area contributed by atoms with Crippen LogP contribution in [0.2, 0.25) is 0 Å². The van der Waals surface area contributed by atoms with Crippen molar-refractivity contribution in [1.82, 2.24) is 4.72 Å². The molecule has 0 aliphatic rings. The van der Waals surface area contributed by atoms with Gasteiger partial charge in [0.25, 0.3) is 0 Å². The highest BCUT2D eigenvalue weighted by Gasteiger charge is 2.17.